The number of nitrogens with zero attached hydrogens (tertiary/aromatic N) is 1. The highest BCUT2D eigenvalue weighted by atomic mass is 35.5. The Balaban J connectivity index is 1.64. The van der Waals surface area contributed by atoms with E-state index in [1.807, 2.05) is 0 Å². The van der Waals surface area contributed by atoms with Crippen molar-refractivity contribution in [3.05, 3.63) is 61.8 Å². The third-order valence-electron chi connectivity index (χ3n) is 5.11. The highest BCUT2D eigenvalue weighted by molar-refractivity contribution is 6.31. The maximum atomic E-state index is 13.3. The molecule has 0 radical (unpaired) electrons. The van der Waals surface area contributed by atoms with Gasteiger partial charge < -0.3 is 24.7 Å². The van der Waals surface area contributed by atoms with Crippen molar-refractivity contribution >= 4 is 23.3 Å². The zero-order valence-electron chi connectivity index (χ0n) is 15.2. The number of anilines is 1. The number of fused-ring (bicyclic) bond motifs is 3. The Kier molecular flexibility index (Phi) is 5.09. The summed E-state index contributed by atoms with van der Waals surface area (Å²) in [6.45, 7) is 1.40. The third kappa shape index (κ3) is 3.39. The summed E-state index contributed by atoms with van der Waals surface area (Å²) in [7, 11) is 1.64. The molecule has 2 amide bonds. The fourth-order valence-corrected chi connectivity index (χ4v) is 3.82. The van der Waals surface area contributed by atoms with Crippen LogP contribution in [0, 0.1) is 5.82 Å². The number of H-pyrrole nitrogens is 1. The predicted molar refractivity (Wildman–Crippen MR) is 101 cm³/mol. The molecular weight excluding hydrogens is 389 g/mol. The van der Waals surface area contributed by atoms with E-state index in [4.69, 9.17) is 21.1 Å². The molecule has 1 aromatic heterocycles. The lowest BCUT2D eigenvalue weighted by Crippen LogP contribution is -2.41. The largest absolute Gasteiger partial charge is 0.376 e. The molecule has 1 atom stereocenters. The van der Waals surface area contributed by atoms with Crippen LogP contribution in [0.5, 0.6) is 0 Å². The SMILES string of the molecule is CN(C(=O)Nc1ccc(F)c(Cl)c1)[C@@H]1COCc2[nH]c(=O)c3c(c21)COCC3. The van der Waals surface area contributed by atoms with Gasteiger partial charge in [-0.15, -0.1) is 0 Å². The van der Waals surface area contributed by atoms with Crippen molar-refractivity contribution in [1.29, 1.82) is 0 Å². The average Bonchev–Trinajstić information content (AvgIpc) is 2.70. The Labute approximate surface area is 165 Å². The molecule has 148 valence electrons. The van der Waals surface area contributed by atoms with Gasteiger partial charge in [0.25, 0.3) is 5.56 Å². The molecule has 3 heterocycles. The van der Waals surface area contributed by atoms with Crippen molar-refractivity contribution in [2.75, 3.05) is 25.6 Å². The van der Waals surface area contributed by atoms with Gasteiger partial charge in [-0.25, -0.2) is 9.18 Å². The number of halogens is 2. The van der Waals surface area contributed by atoms with E-state index in [0.29, 0.717) is 43.2 Å². The van der Waals surface area contributed by atoms with Crippen LogP contribution in [-0.4, -0.2) is 36.2 Å². The topological polar surface area (TPSA) is 83.7 Å². The number of likely N-dealkylation sites (N-methyl/N-ethyl adjacent to an activating group) is 1. The van der Waals surface area contributed by atoms with Gasteiger partial charge in [-0.3, -0.25) is 4.79 Å². The van der Waals surface area contributed by atoms with Gasteiger partial charge in [0.15, 0.2) is 0 Å². The second-order valence-corrected chi connectivity index (χ2v) is 7.21. The van der Waals surface area contributed by atoms with E-state index in [1.165, 1.54) is 23.1 Å². The number of carbonyl (C=O) groups is 1. The number of hydrogen-bond donors (Lipinski definition) is 2. The minimum absolute atomic E-state index is 0.0735. The van der Waals surface area contributed by atoms with Crippen molar-refractivity contribution in [3.63, 3.8) is 0 Å². The third-order valence-corrected chi connectivity index (χ3v) is 5.40. The van der Waals surface area contributed by atoms with Gasteiger partial charge in [0.05, 0.1) is 37.5 Å². The smallest absolute Gasteiger partial charge is 0.322 e. The van der Waals surface area contributed by atoms with Gasteiger partial charge >= 0.3 is 6.03 Å². The molecular formula is C19H19ClFN3O4. The lowest BCUT2D eigenvalue weighted by molar-refractivity contribution is 0.0475. The highest BCUT2D eigenvalue weighted by Crippen LogP contribution is 2.33. The number of ether oxygens (including phenoxy) is 2. The van der Waals surface area contributed by atoms with Gasteiger partial charge in [0.1, 0.15) is 5.82 Å². The fourth-order valence-electron chi connectivity index (χ4n) is 3.64. The molecule has 1 aromatic carbocycles. The van der Waals surface area contributed by atoms with E-state index in [1.54, 1.807) is 7.05 Å². The van der Waals surface area contributed by atoms with Crippen LogP contribution in [0.15, 0.2) is 23.0 Å². The minimum Gasteiger partial charge on any atom is -0.376 e. The number of urea groups is 1. The molecule has 28 heavy (non-hydrogen) atoms. The Bertz CT molecular complexity index is 994. The molecule has 2 aromatic rings. The molecule has 0 aliphatic carbocycles. The van der Waals surface area contributed by atoms with Crippen LogP contribution in [0.2, 0.25) is 5.02 Å². The van der Waals surface area contributed by atoms with Crippen molar-refractivity contribution in [3.8, 4) is 0 Å². The Morgan fingerprint density at radius 1 is 1.32 bits per heavy atom. The second-order valence-electron chi connectivity index (χ2n) is 6.81. The van der Waals surface area contributed by atoms with E-state index in [9.17, 15) is 14.0 Å². The quantitative estimate of drug-likeness (QED) is 0.801. The number of aromatic nitrogens is 1. The lowest BCUT2D eigenvalue weighted by atomic mass is 9.91. The van der Waals surface area contributed by atoms with Gasteiger partial charge in [0, 0.05) is 36.0 Å². The minimum atomic E-state index is -0.557. The first-order valence-electron chi connectivity index (χ1n) is 8.87. The van der Waals surface area contributed by atoms with Crippen LogP contribution < -0.4 is 10.9 Å². The number of pyridine rings is 1. The molecule has 2 aliphatic heterocycles. The fraction of sp³-hybridized carbons (Fsp3) is 0.368. The van der Waals surface area contributed by atoms with Crippen molar-refractivity contribution in [2.45, 2.75) is 25.7 Å². The Morgan fingerprint density at radius 2 is 2.14 bits per heavy atom. The van der Waals surface area contributed by atoms with Crippen LogP contribution >= 0.6 is 11.6 Å². The first kappa shape index (κ1) is 18.9. The Hall–Kier alpha value is -2.42. The van der Waals surface area contributed by atoms with E-state index in [0.717, 1.165) is 11.1 Å². The number of benzene rings is 1. The van der Waals surface area contributed by atoms with Gasteiger partial charge in [0.2, 0.25) is 0 Å². The van der Waals surface area contributed by atoms with E-state index in [-0.39, 0.29) is 17.2 Å². The monoisotopic (exact) mass is 407 g/mol. The molecule has 4 rings (SSSR count). The molecule has 2 aliphatic rings. The molecule has 9 heteroatoms. The van der Waals surface area contributed by atoms with E-state index in [2.05, 4.69) is 10.3 Å². The zero-order valence-corrected chi connectivity index (χ0v) is 15.9. The molecule has 0 spiro atoms. The number of amides is 2. The molecule has 0 saturated carbocycles. The number of aromatic amines is 1. The van der Waals surface area contributed by atoms with Crippen LogP contribution in [0.25, 0.3) is 0 Å². The van der Waals surface area contributed by atoms with Gasteiger partial charge in [-0.1, -0.05) is 11.6 Å². The number of nitrogens with one attached hydrogen (secondary N) is 2. The van der Waals surface area contributed by atoms with Crippen molar-refractivity contribution in [1.82, 2.24) is 9.88 Å². The second kappa shape index (κ2) is 7.54. The maximum absolute atomic E-state index is 13.3. The summed E-state index contributed by atoms with van der Waals surface area (Å²) in [6.07, 6.45) is 0.537. The van der Waals surface area contributed by atoms with E-state index < -0.39 is 17.9 Å². The molecule has 0 fully saturated rings. The van der Waals surface area contributed by atoms with Crippen LogP contribution in [0.3, 0.4) is 0 Å². The van der Waals surface area contributed by atoms with Gasteiger partial charge in [-0.2, -0.15) is 0 Å². The summed E-state index contributed by atoms with van der Waals surface area (Å²) >= 11 is 5.78. The Morgan fingerprint density at radius 3 is 2.93 bits per heavy atom. The molecule has 2 N–H and O–H groups in total. The van der Waals surface area contributed by atoms with E-state index >= 15 is 0 Å². The highest BCUT2D eigenvalue weighted by Gasteiger charge is 2.33. The molecule has 7 nitrogen and oxygen atoms in total. The normalized spacial score (nSPS) is 18.2. The summed E-state index contributed by atoms with van der Waals surface area (Å²) in [5.74, 6) is -0.557. The zero-order chi connectivity index (χ0) is 19.8. The van der Waals surface area contributed by atoms with Crippen molar-refractivity contribution < 1.29 is 18.7 Å². The van der Waals surface area contributed by atoms with Gasteiger partial charge in [-0.05, 0) is 23.8 Å². The van der Waals surface area contributed by atoms with Crippen molar-refractivity contribution in [2.24, 2.45) is 0 Å². The molecule has 0 saturated heterocycles. The van der Waals surface area contributed by atoms with Crippen LogP contribution in [0.1, 0.15) is 28.4 Å². The molecule has 0 bridgehead atoms. The first-order valence-corrected chi connectivity index (χ1v) is 9.24. The van der Waals surface area contributed by atoms with Crippen LogP contribution in [0.4, 0.5) is 14.9 Å². The summed E-state index contributed by atoms with van der Waals surface area (Å²) in [5, 5.41) is 2.63. The number of rotatable bonds is 2. The summed E-state index contributed by atoms with van der Waals surface area (Å²) in [5.41, 5.74) is 3.32. The summed E-state index contributed by atoms with van der Waals surface area (Å²) < 4.78 is 24.5. The maximum Gasteiger partial charge on any atom is 0.322 e. The summed E-state index contributed by atoms with van der Waals surface area (Å²) in [6, 6.07) is 3.18. The first-order chi connectivity index (χ1) is 13.5. The average molecular weight is 408 g/mol. The molecule has 0 unspecified atom stereocenters. The number of hydrogen-bond acceptors (Lipinski definition) is 4. The van der Waals surface area contributed by atoms with Crippen LogP contribution in [-0.2, 0) is 29.1 Å². The standard InChI is InChI=1S/C19H19ClFN3O4/c1-24(19(26)22-10-2-3-14(21)13(20)6-10)16-9-28-8-15-17(16)12-7-27-5-4-11(12)18(25)23-15/h2-3,6,16H,4-5,7-9H2,1H3,(H,22,26)(H,23,25)/t16-/m1/s1. The lowest BCUT2D eigenvalue weighted by Gasteiger charge is -2.35. The number of carbonyl (C=O) groups excluding carboxylic acids is 1. The summed E-state index contributed by atoms with van der Waals surface area (Å²) in [4.78, 5) is 29.5. The predicted octanol–water partition coefficient (Wildman–Crippen LogP) is 2.98.